The van der Waals surface area contributed by atoms with Crippen molar-refractivity contribution in [2.24, 2.45) is 0 Å². The quantitative estimate of drug-likeness (QED) is 0.614. The van der Waals surface area contributed by atoms with Gasteiger partial charge in [0.05, 0.1) is 13.7 Å². The van der Waals surface area contributed by atoms with Crippen LogP contribution in [0, 0.1) is 0 Å². The molecule has 0 aliphatic carbocycles. The van der Waals surface area contributed by atoms with E-state index in [9.17, 15) is 4.79 Å². The smallest absolute Gasteiger partial charge is 0.315 e. The zero-order chi connectivity index (χ0) is 21.2. The molecule has 1 fully saturated rings. The number of amides is 2. The molecular weight excluding hydrogens is 384 g/mol. The van der Waals surface area contributed by atoms with Crippen molar-refractivity contribution in [3.05, 3.63) is 48.2 Å². The van der Waals surface area contributed by atoms with Gasteiger partial charge in [-0.1, -0.05) is 6.07 Å². The van der Waals surface area contributed by atoms with E-state index in [1.54, 1.807) is 26.5 Å². The molecule has 30 heavy (non-hydrogen) atoms. The SMILES string of the molecule is COCCOc1ccc(CNC(=O)NC2CCN(c3ccc(OC)cc3)CC2)cn1. The molecule has 2 N–H and O–H groups in total. The number of carbonyl (C=O) groups excluding carboxylic acids is 1. The van der Waals surface area contributed by atoms with Crippen LogP contribution < -0.4 is 25.0 Å². The molecular formula is C22H30N4O4. The highest BCUT2D eigenvalue weighted by Gasteiger charge is 2.20. The number of anilines is 1. The lowest BCUT2D eigenvalue weighted by atomic mass is 10.0. The number of urea groups is 1. The Labute approximate surface area is 177 Å². The summed E-state index contributed by atoms with van der Waals surface area (Å²) in [6.45, 7) is 3.21. The standard InChI is InChI=1S/C22H30N4O4/c1-28-13-14-30-21-8-3-17(15-23-21)16-24-22(27)25-18-9-11-26(12-10-18)19-4-6-20(29-2)7-5-19/h3-8,15,18H,9-14,16H2,1-2H3,(H2,24,25,27). The number of methoxy groups -OCH3 is 2. The maximum Gasteiger partial charge on any atom is 0.315 e. The number of hydrogen-bond donors (Lipinski definition) is 2. The molecule has 1 saturated heterocycles. The van der Waals surface area contributed by atoms with Gasteiger partial charge in [-0.2, -0.15) is 0 Å². The Morgan fingerprint density at radius 3 is 2.50 bits per heavy atom. The summed E-state index contributed by atoms with van der Waals surface area (Å²) in [5.74, 6) is 1.40. The molecule has 0 bridgehead atoms. The van der Waals surface area contributed by atoms with E-state index >= 15 is 0 Å². The van der Waals surface area contributed by atoms with E-state index in [0.717, 1.165) is 37.2 Å². The molecule has 0 unspecified atom stereocenters. The average Bonchev–Trinajstić information content (AvgIpc) is 2.79. The summed E-state index contributed by atoms with van der Waals surface area (Å²) in [4.78, 5) is 18.8. The van der Waals surface area contributed by atoms with Crippen LogP contribution >= 0.6 is 0 Å². The third kappa shape index (κ3) is 6.52. The second-order valence-corrected chi connectivity index (χ2v) is 7.13. The average molecular weight is 415 g/mol. The Kier molecular flexibility index (Phi) is 8.14. The summed E-state index contributed by atoms with van der Waals surface area (Å²) in [5.41, 5.74) is 2.10. The molecule has 2 amide bonds. The van der Waals surface area contributed by atoms with E-state index in [4.69, 9.17) is 14.2 Å². The molecule has 0 saturated carbocycles. The van der Waals surface area contributed by atoms with E-state index < -0.39 is 0 Å². The maximum atomic E-state index is 12.2. The first kappa shape index (κ1) is 21.7. The molecule has 0 atom stereocenters. The number of ether oxygens (including phenoxy) is 3. The predicted molar refractivity (Wildman–Crippen MR) is 115 cm³/mol. The molecule has 2 heterocycles. The van der Waals surface area contributed by atoms with E-state index in [2.05, 4.69) is 32.7 Å². The monoisotopic (exact) mass is 414 g/mol. The van der Waals surface area contributed by atoms with Crippen molar-refractivity contribution in [3.63, 3.8) is 0 Å². The van der Waals surface area contributed by atoms with Crippen LogP contribution in [-0.2, 0) is 11.3 Å². The van der Waals surface area contributed by atoms with Crippen molar-refractivity contribution < 1.29 is 19.0 Å². The fourth-order valence-electron chi connectivity index (χ4n) is 3.32. The fourth-order valence-corrected chi connectivity index (χ4v) is 3.32. The molecule has 1 aromatic carbocycles. The molecule has 8 nitrogen and oxygen atoms in total. The van der Waals surface area contributed by atoms with Gasteiger partial charge in [0.2, 0.25) is 5.88 Å². The fraction of sp³-hybridized carbons (Fsp3) is 0.455. The first-order valence-corrected chi connectivity index (χ1v) is 10.2. The van der Waals surface area contributed by atoms with Crippen LogP contribution in [0.1, 0.15) is 18.4 Å². The third-order valence-electron chi connectivity index (χ3n) is 5.06. The predicted octanol–water partition coefficient (Wildman–Crippen LogP) is 2.58. The molecule has 1 aliphatic heterocycles. The Bertz CT molecular complexity index is 775. The van der Waals surface area contributed by atoms with Crippen LogP contribution in [-0.4, -0.2) is 57.6 Å². The van der Waals surface area contributed by atoms with E-state index in [1.165, 1.54) is 5.69 Å². The lowest BCUT2D eigenvalue weighted by molar-refractivity contribution is 0.143. The maximum absolute atomic E-state index is 12.2. The van der Waals surface area contributed by atoms with Crippen molar-refractivity contribution in [2.75, 3.05) is 45.4 Å². The molecule has 3 rings (SSSR count). The first-order valence-electron chi connectivity index (χ1n) is 10.2. The molecule has 1 aromatic heterocycles. The summed E-state index contributed by atoms with van der Waals surface area (Å²) in [6, 6.07) is 11.8. The van der Waals surface area contributed by atoms with E-state index in [-0.39, 0.29) is 12.1 Å². The highest BCUT2D eigenvalue weighted by atomic mass is 16.5. The van der Waals surface area contributed by atoms with Crippen LogP contribution in [0.15, 0.2) is 42.6 Å². The second kappa shape index (κ2) is 11.3. The van der Waals surface area contributed by atoms with Crippen molar-refractivity contribution in [3.8, 4) is 11.6 Å². The molecule has 8 heteroatoms. The minimum absolute atomic E-state index is 0.154. The second-order valence-electron chi connectivity index (χ2n) is 7.13. The molecule has 162 valence electrons. The number of hydrogen-bond acceptors (Lipinski definition) is 6. The van der Waals surface area contributed by atoms with Crippen LogP contribution in [0.4, 0.5) is 10.5 Å². The third-order valence-corrected chi connectivity index (χ3v) is 5.06. The number of benzene rings is 1. The Morgan fingerprint density at radius 2 is 1.87 bits per heavy atom. The molecule has 0 spiro atoms. The Balaban J connectivity index is 1.36. The summed E-state index contributed by atoms with van der Waals surface area (Å²) >= 11 is 0. The lowest BCUT2D eigenvalue weighted by Crippen LogP contribution is -2.47. The van der Waals surface area contributed by atoms with Crippen LogP contribution in [0.3, 0.4) is 0 Å². The topological polar surface area (TPSA) is 85.0 Å². The highest BCUT2D eigenvalue weighted by molar-refractivity contribution is 5.74. The lowest BCUT2D eigenvalue weighted by Gasteiger charge is -2.34. The minimum Gasteiger partial charge on any atom is -0.497 e. The van der Waals surface area contributed by atoms with Gasteiger partial charge >= 0.3 is 6.03 Å². The normalized spacial score (nSPS) is 14.3. The van der Waals surface area contributed by atoms with Gasteiger partial charge in [-0.15, -0.1) is 0 Å². The summed E-state index contributed by atoms with van der Waals surface area (Å²) < 4.78 is 15.6. The van der Waals surface area contributed by atoms with Crippen molar-refractivity contribution in [2.45, 2.75) is 25.4 Å². The van der Waals surface area contributed by atoms with Crippen molar-refractivity contribution in [1.29, 1.82) is 0 Å². The Hall–Kier alpha value is -3.00. The van der Waals surface area contributed by atoms with Crippen LogP contribution in [0.5, 0.6) is 11.6 Å². The number of aromatic nitrogens is 1. The summed E-state index contributed by atoms with van der Waals surface area (Å²) in [5, 5.41) is 5.96. The van der Waals surface area contributed by atoms with Gasteiger partial charge in [-0.25, -0.2) is 9.78 Å². The summed E-state index contributed by atoms with van der Waals surface area (Å²) in [7, 11) is 3.29. The molecule has 1 aliphatic rings. The Morgan fingerprint density at radius 1 is 1.10 bits per heavy atom. The van der Waals surface area contributed by atoms with Gasteiger partial charge in [-0.05, 0) is 42.7 Å². The molecule has 2 aromatic rings. The number of nitrogens with one attached hydrogen (secondary N) is 2. The zero-order valence-electron chi connectivity index (χ0n) is 17.6. The van der Waals surface area contributed by atoms with E-state index in [1.807, 2.05) is 18.2 Å². The number of pyridine rings is 1. The number of piperidine rings is 1. The molecule has 0 radical (unpaired) electrons. The minimum atomic E-state index is -0.154. The zero-order valence-corrected chi connectivity index (χ0v) is 17.6. The largest absolute Gasteiger partial charge is 0.497 e. The van der Waals surface area contributed by atoms with Crippen LogP contribution in [0.2, 0.25) is 0 Å². The number of nitrogens with zero attached hydrogens (tertiary/aromatic N) is 2. The first-order chi connectivity index (χ1) is 14.7. The van der Waals surface area contributed by atoms with Gasteiger partial charge in [0.1, 0.15) is 12.4 Å². The summed E-state index contributed by atoms with van der Waals surface area (Å²) in [6.07, 6.45) is 3.53. The van der Waals surface area contributed by atoms with Crippen molar-refractivity contribution >= 4 is 11.7 Å². The van der Waals surface area contributed by atoms with E-state index in [0.29, 0.717) is 25.6 Å². The van der Waals surface area contributed by atoms with Crippen LogP contribution in [0.25, 0.3) is 0 Å². The van der Waals surface area contributed by atoms with Gasteiger partial charge in [0.25, 0.3) is 0 Å². The van der Waals surface area contributed by atoms with Gasteiger partial charge in [0.15, 0.2) is 0 Å². The van der Waals surface area contributed by atoms with Gasteiger partial charge in [0, 0.05) is 50.7 Å². The van der Waals surface area contributed by atoms with Gasteiger partial charge < -0.3 is 29.7 Å². The highest BCUT2D eigenvalue weighted by Crippen LogP contribution is 2.22. The van der Waals surface area contributed by atoms with Gasteiger partial charge in [-0.3, -0.25) is 0 Å². The number of carbonyl (C=O) groups is 1. The number of rotatable bonds is 9. The van der Waals surface area contributed by atoms with Crippen molar-refractivity contribution in [1.82, 2.24) is 15.6 Å².